The van der Waals surface area contributed by atoms with Crippen LogP contribution in [0.5, 0.6) is 23.0 Å². The van der Waals surface area contributed by atoms with Gasteiger partial charge in [0.05, 0.1) is 50.2 Å². The van der Waals surface area contributed by atoms with E-state index in [9.17, 15) is 18.0 Å². The molecule has 0 unspecified atom stereocenters. The third kappa shape index (κ3) is 12.4. The lowest BCUT2D eigenvalue weighted by Crippen LogP contribution is -2.22. The maximum Gasteiger partial charge on any atom is 0.329 e. The van der Waals surface area contributed by atoms with Crippen LogP contribution in [0.25, 0.3) is 10.8 Å². The molecule has 5 N–H and O–H groups in total. The minimum absolute atomic E-state index is 0.168. The average molecular weight is 816 g/mol. The van der Waals surface area contributed by atoms with Crippen LogP contribution in [0.2, 0.25) is 0 Å². The molecule has 0 bridgehead atoms. The minimum atomic E-state index is -3.64. The summed E-state index contributed by atoms with van der Waals surface area (Å²) in [6, 6.07) is 23.3. The number of methoxy groups -OCH3 is 1. The van der Waals surface area contributed by atoms with E-state index in [0.29, 0.717) is 47.7 Å². The highest BCUT2D eigenvalue weighted by Crippen LogP contribution is 2.40. The Hall–Kier alpha value is -6.10. The van der Waals surface area contributed by atoms with E-state index in [4.69, 9.17) is 28.8 Å². The van der Waals surface area contributed by atoms with Crippen molar-refractivity contribution >= 4 is 61.4 Å². The van der Waals surface area contributed by atoms with Gasteiger partial charge in [-0.15, -0.1) is 0 Å². The molecule has 1 heterocycles. The second kappa shape index (κ2) is 19.4. The van der Waals surface area contributed by atoms with E-state index in [1.165, 1.54) is 7.11 Å². The fourth-order valence-corrected chi connectivity index (χ4v) is 6.38. The van der Waals surface area contributed by atoms with E-state index in [2.05, 4.69) is 25.7 Å². The third-order valence-electron chi connectivity index (χ3n) is 8.54. The zero-order valence-electron chi connectivity index (χ0n) is 33.3. The minimum Gasteiger partial charge on any atom is -0.492 e. The molecule has 0 aliphatic rings. The van der Waals surface area contributed by atoms with Crippen molar-refractivity contribution in [3.05, 3.63) is 96.2 Å². The number of aliphatic carboxylic acids is 1. The molecular weight excluding hydrogens is 767 g/mol. The highest BCUT2D eigenvalue weighted by Gasteiger charge is 2.22. The van der Waals surface area contributed by atoms with E-state index >= 15 is 0 Å². The number of aryl methyl sites for hydroxylation is 1. The SMILES string of the molecule is CCc1cc(Nc2cc(Oc3ccc(NC(=O)Nc4cc(C(C)(C)C)cc(NS(C)(=O)=O)c4OC)c4ccccc34)ccn2)cc(OCCOCCOCC(=O)O)c1. The summed E-state index contributed by atoms with van der Waals surface area (Å²) in [5.41, 5.74) is 3.25. The number of benzene rings is 4. The fraction of sp³-hybridized carbons (Fsp3) is 0.310. The number of amides is 2. The van der Waals surface area contributed by atoms with Gasteiger partial charge in [0.15, 0.2) is 5.75 Å². The van der Waals surface area contributed by atoms with Gasteiger partial charge in [-0.2, -0.15) is 0 Å². The number of urea groups is 1. The summed E-state index contributed by atoms with van der Waals surface area (Å²) >= 11 is 0. The van der Waals surface area contributed by atoms with E-state index < -0.39 is 22.0 Å². The monoisotopic (exact) mass is 815 g/mol. The van der Waals surface area contributed by atoms with Gasteiger partial charge in [0.1, 0.15) is 36.3 Å². The number of carboxylic acid groups (broad SMARTS) is 1. The molecule has 5 aromatic rings. The molecule has 0 radical (unpaired) electrons. The Labute approximate surface area is 338 Å². The number of carbonyl (C=O) groups is 2. The van der Waals surface area contributed by atoms with Crippen LogP contribution in [0.1, 0.15) is 38.8 Å². The molecule has 5 rings (SSSR count). The second-order valence-electron chi connectivity index (χ2n) is 14.2. The molecule has 2 amide bonds. The Morgan fingerprint density at radius 2 is 1.52 bits per heavy atom. The summed E-state index contributed by atoms with van der Waals surface area (Å²) in [5, 5.41) is 19.2. The number of nitrogens with zero attached hydrogens (tertiary/aromatic N) is 1. The largest absolute Gasteiger partial charge is 0.492 e. The number of aromatic nitrogens is 1. The van der Waals surface area contributed by atoms with Crippen molar-refractivity contribution < 1.29 is 46.8 Å². The molecule has 58 heavy (non-hydrogen) atoms. The van der Waals surface area contributed by atoms with Crippen molar-refractivity contribution in [2.24, 2.45) is 0 Å². The summed E-state index contributed by atoms with van der Waals surface area (Å²) < 4.78 is 55.1. The number of fused-ring (bicyclic) bond motifs is 1. The molecular formula is C42H49N5O10S. The first kappa shape index (κ1) is 43.0. The molecule has 0 aliphatic heterocycles. The Kier molecular flexibility index (Phi) is 14.4. The Morgan fingerprint density at radius 1 is 0.810 bits per heavy atom. The first-order valence-electron chi connectivity index (χ1n) is 18.5. The number of sulfonamides is 1. The summed E-state index contributed by atoms with van der Waals surface area (Å²) in [5.74, 6) is 1.41. The quantitative estimate of drug-likeness (QED) is 0.0503. The van der Waals surface area contributed by atoms with Gasteiger partial charge in [-0.25, -0.2) is 23.0 Å². The number of nitrogens with one attached hydrogen (secondary N) is 4. The molecule has 0 saturated carbocycles. The maximum absolute atomic E-state index is 13.5. The van der Waals surface area contributed by atoms with Crippen LogP contribution in [0.3, 0.4) is 0 Å². The van der Waals surface area contributed by atoms with Crippen LogP contribution < -0.4 is 34.9 Å². The lowest BCUT2D eigenvalue weighted by Gasteiger charge is -2.24. The van der Waals surface area contributed by atoms with Crippen LogP contribution in [-0.2, 0) is 36.1 Å². The normalized spacial score (nSPS) is 11.5. The van der Waals surface area contributed by atoms with E-state index in [0.717, 1.165) is 40.3 Å². The Morgan fingerprint density at radius 3 is 2.22 bits per heavy atom. The van der Waals surface area contributed by atoms with Crippen LogP contribution in [0.15, 0.2) is 85.1 Å². The zero-order chi connectivity index (χ0) is 41.9. The van der Waals surface area contributed by atoms with Gasteiger partial charge >= 0.3 is 12.0 Å². The zero-order valence-corrected chi connectivity index (χ0v) is 34.1. The number of ether oxygens (including phenoxy) is 5. The first-order valence-corrected chi connectivity index (χ1v) is 20.4. The standard InChI is InChI=1S/C42H49N5O10S/c1-7-27-20-29(24-31(21-27)56-19-18-54-16-17-55-26-39(48)49)44-38-25-30(14-15-43-38)57-37-13-12-34(32-10-8-9-11-33(32)37)45-41(50)46-35-22-28(42(2,3)4)23-36(40(35)53-5)47-58(6,51)52/h8-15,20-25,47H,7,16-19,26H2,1-6H3,(H,43,44)(H,48,49)(H2,45,46,50). The summed E-state index contributed by atoms with van der Waals surface area (Å²) in [7, 11) is -2.24. The van der Waals surface area contributed by atoms with Crippen molar-refractivity contribution in [3.63, 3.8) is 0 Å². The fourth-order valence-electron chi connectivity index (χ4n) is 5.83. The van der Waals surface area contributed by atoms with Gasteiger partial charge in [0.2, 0.25) is 10.0 Å². The van der Waals surface area contributed by atoms with Crippen LogP contribution >= 0.6 is 0 Å². The number of carboxylic acids is 1. The smallest absolute Gasteiger partial charge is 0.329 e. The number of hydrogen-bond acceptors (Lipinski definition) is 11. The lowest BCUT2D eigenvalue weighted by molar-refractivity contribution is -0.142. The maximum atomic E-state index is 13.5. The molecule has 16 heteroatoms. The molecule has 0 aliphatic carbocycles. The Balaban J connectivity index is 1.28. The molecule has 308 valence electrons. The number of rotatable bonds is 19. The topological polar surface area (TPSA) is 196 Å². The van der Waals surface area contributed by atoms with Gasteiger partial charge in [-0.3, -0.25) is 4.72 Å². The number of pyridine rings is 1. The van der Waals surface area contributed by atoms with Crippen molar-refractivity contribution in [1.82, 2.24) is 4.98 Å². The van der Waals surface area contributed by atoms with E-state index in [1.807, 2.05) is 70.2 Å². The highest BCUT2D eigenvalue weighted by atomic mass is 32.2. The summed E-state index contributed by atoms with van der Waals surface area (Å²) in [6.07, 6.45) is 3.47. The lowest BCUT2D eigenvalue weighted by atomic mass is 9.86. The van der Waals surface area contributed by atoms with Gasteiger partial charge in [0, 0.05) is 34.8 Å². The number of hydrogen-bond donors (Lipinski definition) is 5. The van der Waals surface area contributed by atoms with Crippen molar-refractivity contribution in [3.8, 4) is 23.0 Å². The molecule has 0 saturated heterocycles. The number of anilines is 5. The van der Waals surface area contributed by atoms with Gasteiger partial charge in [-0.1, -0.05) is 52.0 Å². The molecule has 1 aromatic heterocycles. The predicted molar refractivity (Wildman–Crippen MR) is 225 cm³/mol. The van der Waals surface area contributed by atoms with Gasteiger partial charge in [0.25, 0.3) is 0 Å². The van der Waals surface area contributed by atoms with Crippen molar-refractivity contribution in [1.29, 1.82) is 0 Å². The van der Waals surface area contributed by atoms with E-state index in [-0.39, 0.29) is 36.7 Å². The number of carbonyl (C=O) groups excluding carboxylic acids is 1. The van der Waals surface area contributed by atoms with E-state index in [1.54, 1.807) is 42.6 Å². The summed E-state index contributed by atoms with van der Waals surface area (Å²) in [4.78, 5) is 28.5. The first-order chi connectivity index (χ1) is 27.6. The summed E-state index contributed by atoms with van der Waals surface area (Å²) in [6.45, 7) is 8.68. The molecule has 0 atom stereocenters. The van der Waals surface area contributed by atoms with Gasteiger partial charge in [-0.05, 0) is 65.4 Å². The van der Waals surface area contributed by atoms with Crippen LogP contribution in [0.4, 0.5) is 33.4 Å². The molecule has 0 spiro atoms. The Bertz CT molecular complexity index is 2350. The average Bonchev–Trinajstić information content (AvgIpc) is 3.15. The van der Waals surface area contributed by atoms with Gasteiger partial charge < -0.3 is 44.7 Å². The molecule has 0 fully saturated rings. The highest BCUT2D eigenvalue weighted by molar-refractivity contribution is 7.92. The van der Waals surface area contributed by atoms with Crippen LogP contribution in [0, 0.1) is 0 Å². The molecule has 15 nitrogen and oxygen atoms in total. The van der Waals surface area contributed by atoms with Crippen LogP contribution in [-0.4, -0.2) is 76.9 Å². The molecule has 4 aromatic carbocycles. The predicted octanol–water partition coefficient (Wildman–Crippen LogP) is 8.15. The van der Waals surface area contributed by atoms with Crippen molar-refractivity contribution in [2.45, 2.75) is 39.5 Å². The van der Waals surface area contributed by atoms with Crippen molar-refractivity contribution in [2.75, 3.05) is 67.1 Å². The second-order valence-corrected chi connectivity index (χ2v) is 15.9. The third-order valence-corrected chi connectivity index (χ3v) is 9.13.